The van der Waals surface area contributed by atoms with Crippen LogP contribution in [0.4, 0.5) is 0 Å². The summed E-state index contributed by atoms with van der Waals surface area (Å²) in [5.41, 5.74) is 2.15. The van der Waals surface area contributed by atoms with Crippen molar-refractivity contribution in [1.29, 1.82) is 0 Å². The van der Waals surface area contributed by atoms with E-state index in [1.165, 1.54) is 5.39 Å². The summed E-state index contributed by atoms with van der Waals surface area (Å²) < 4.78 is 7.82. The Morgan fingerprint density at radius 3 is 3.00 bits per heavy atom. The first-order valence-electron chi connectivity index (χ1n) is 6.01. The number of aromatic nitrogens is 2. The third kappa shape index (κ3) is 1.78. The van der Waals surface area contributed by atoms with Crippen LogP contribution in [-0.4, -0.2) is 29.5 Å². The smallest absolute Gasteiger partial charge is 0.145 e. The standard InChI is InChI=1S/C13H17N3O/c1-9-11-4-3-5-12(13(11)16(2)15-9)17-8-10-6-14-7-10/h3-5,10,14H,6-8H2,1-2H3. The van der Waals surface area contributed by atoms with Crippen LogP contribution in [0.3, 0.4) is 0 Å². The second-order valence-electron chi connectivity index (χ2n) is 4.70. The van der Waals surface area contributed by atoms with Crippen LogP contribution in [0.5, 0.6) is 5.75 Å². The molecular formula is C13H17N3O. The Labute approximate surface area is 101 Å². The van der Waals surface area contributed by atoms with Crippen molar-refractivity contribution in [3.63, 3.8) is 0 Å². The van der Waals surface area contributed by atoms with Crippen LogP contribution in [0.1, 0.15) is 5.69 Å². The molecule has 0 unspecified atom stereocenters. The minimum Gasteiger partial charge on any atom is -0.491 e. The van der Waals surface area contributed by atoms with Gasteiger partial charge in [-0.15, -0.1) is 0 Å². The average Bonchev–Trinajstić information content (AvgIpc) is 2.54. The van der Waals surface area contributed by atoms with Crippen molar-refractivity contribution in [2.75, 3.05) is 19.7 Å². The van der Waals surface area contributed by atoms with E-state index in [-0.39, 0.29) is 0 Å². The molecule has 1 N–H and O–H groups in total. The summed E-state index contributed by atoms with van der Waals surface area (Å²) in [5.74, 6) is 1.59. The highest BCUT2D eigenvalue weighted by atomic mass is 16.5. The number of benzene rings is 1. The van der Waals surface area contributed by atoms with Crippen LogP contribution in [0.25, 0.3) is 10.9 Å². The fourth-order valence-electron chi connectivity index (χ4n) is 2.27. The number of rotatable bonds is 3. The van der Waals surface area contributed by atoms with Crippen LogP contribution in [0.2, 0.25) is 0 Å². The van der Waals surface area contributed by atoms with E-state index in [0.29, 0.717) is 5.92 Å². The van der Waals surface area contributed by atoms with Gasteiger partial charge in [0, 0.05) is 31.4 Å². The van der Waals surface area contributed by atoms with Gasteiger partial charge >= 0.3 is 0 Å². The van der Waals surface area contributed by atoms with Crippen LogP contribution in [0.15, 0.2) is 18.2 Å². The fraction of sp³-hybridized carbons (Fsp3) is 0.462. The van der Waals surface area contributed by atoms with Gasteiger partial charge in [0.25, 0.3) is 0 Å². The van der Waals surface area contributed by atoms with Crippen molar-refractivity contribution in [2.24, 2.45) is 13.0 Å². The number of fused-ring (bicyclic) bond motifs is 1. The Morgan fingerprint density at radius 1 is 1.47 bits per heavy atom. The highest BCUT2D eigenvalue weighted by Gasteiger charge is 2.18. The number of ether oxygens (including phenoxy) is 1. The molecule has 0 radical (unpaired) electrons. The predicted octanol–water partition coefficient (Wildman–Crippen LogP) is 1.48. The van der Waals surface area contributed by atoms with Gasteiger partial charge in [-0.25, -0.2) is 0 Å². The maximum Gasteiger partial charge on any atom is 0.145 e. The van der Waals surface area contributed by atoms with Gasteiger partial charge in [-0.3, -0.25) is 4.68 Å². The van der Waals surface area contributed by atoms with E-state index < -0.39 is 0 Å². The van der Waals surface area contributed by atoms with Crippen molar-refractivity contribution in [3.05, 3.63) is 23.9 Å². The first-order chi connectivity index (χ1) is 8.25. The molecule has 4 heteroatoms. The molecule has 90 valence electrons. The SMILES string of the molecule is Cc1nn(C)c2c(OCC3CNC3)cccc12. The minimum absolute atomic E-state index is 0.652. The molecule has 0 aliphatic carbocycles. The maximum atomic E-state index is 5.92. The number of aryl methyl sites for hydroxylation is 2. The first-order valence-corrected chi connectivity index (χ1v) is 6.01. The molecule has 2 heterocycles. The largest absolute Gasteiger partial charge is 0.491 e. The normalized spacial score (nSPS) is 16.1. The molecule has 2 aromatic rings. The number of para-hydroxylation sites is 1. The third-order valence-electron chi connectivity index (χ3n) is 3.35. The van der Waals surface area contributed by atoms with Crippen molar-refractivity contribution in [3.8, 4) is 5.75 Å². The van der Waals surface area contributed by atoms with Crippen molar-refractivity contribution in [2.45, 2.75) is 6.92 Å². The maximum absolute atomic E-state index is 5.92. The molecule has 1 aromatic carbocycles. The van der Waals surface area contributed by atoms with Crippen LogP contribution in [0, 0.1) is 12.8 Å². The molecule has 0 bridgehead atoms. The lowest BCUT2D eigenvalue weighted by atomic mass is 10.1. The van der Waals surface area contributed by atoms with Crippen LogP contribution >= 0.6 is 0 Å². The molecule has 1 aromatic heterocycles. The van der Waals surface area contributed by atoms with Crippen LogP contribution < -0.4 is 10.1 Å². The summed E-state index contributed by atoms with van der Waals surface area (Å²) in [5, 5.41) is 8.87. The fourth-order valence-corrected chi connectivity index (χ4v) is 2.27. The Morgan fingerprint density at radius 2 is 2.29 bits per heavy atom. The summed E-state index contributed by atoms with van der Waals surface area (Å²) in [6.07, 6.45) is 0. The van der Waals surface area contributed by atoms with Gasteiger partial charge in [0.2, 0.25) is 0 Å². The molecule has 0 saturated carbocycles. The molecule has 1 saturated heterocycles. The van der Waals surface area contributed by atoms with Gasteiger partial charge < -0.3 is 10.1 Å². The molecule has 4 nitrogen and oxygen atoms in total. The minimum atomic E-state index is 0.652. The molecule has 0 amide bonds. The number of nitrogens with one attached hydrogen (secondary N) is 1. The van der Waals surface area contributed by atoms with E-state index in [0.717, 1.165) is 36.7 Å². The van der Waals surface area contributed by atoms with E-state index in [1.54, 1.807) is 0 Å². The van der Waals surface area contributed by atoms with Gasteiger partial charge in [0.15, 0.2) is 0 Å². The summed E-state index contributed by atoms with van der Waals surface area (Å²) in [6.45, 7) is 4.96. The van der Waals surface area contributed by atoms with E-state index in [4.69, 9.17) is 4.74 Å². The van der Waals surface area contributed by atoms with Crippen molar-refractivity contribution in [1.82, 2.24) is 15.1 Å². The van der Waals surface area contributed by atoms with E-state index in [1.807, 2.05) is 30.8 Å². The summed E-state index contributed by atoms with van der Waals surface area (Å²) in [7, 11) is 1.97. The Balaban J connectivity index is 1.92. The zero-order valence-electron chi connectivity index (χ0n) is 10.2. The molecule has 0 atom stereocenters. The third-order valence-corrected chi connectivity index (χ3v) is 3.35. The molecule has 3 rings (SSSR count). The molecule has 1 fully saturated rings. The number of nitrogens with zero attached hydrogens (tertiary/aromatic N) is 2. The van der Waals surface area contributed by atoms with Gasteiger partial charge in [-0.2, -0.15) is 5.10 Å². The molecule has 0 spiro atoms. The molecule has 17 heavy (non-hydrogen) atoms. The summed E-state index contributed by atoms with van der Waals surface area (Å²) >= 11 is 0. The highest BCUT2D eigenvalue weighted by Crippen LogP contribution is 2.27. The monoisotopic (exact) mass is 231 g/mol. The lowest BCUT2D eigenvalue weighted by Crippen LogP contribution is -2.45. The Hall–Kier alpha value is -1.55. The predicted molar refractivity (Wildman–Crippen MR) is 67.3 cm³/mol. The van der Waals surface area contributed by atoms with Crippen molar-refractivity contribution < 1.29 is 4.74 Å². The van der Waals surface area contributed by atoms with E-state index in [2.05, 4.69) is 16.5 Å². The van der Waals surface area contributed by atoms with E-state index >= 15 is 0 Å². The Kier molecular flexibility index (Phi) is 2.52. The number of hydrogen-bond acceptors (Lipinski definition) is 3. The average molecular weight is 231 g/mol. The molecule has 1 aliphatic rings. The molecular weight excluding hydrogens is 214 g/mol. The first kappa shape index (κ1) is 10.6. The zero-order chi connectivity index (χ0) is 11.8. The van der Waals surface area contributed by atoms with Gasteiger partial charge in [0.05, 0.1) is 12.3 Å². The lowest BCUT2D eigenvalue weighted by Gasteiger charge is -2.26. The van der Waals surface area contributed by atoms with Gasteiger partial charge in [-0.05, 0) is 13.0 Å². The molecule has 1 aliphatic heterocycles. The zero-order valence-corrected chi connectivity index (χ0v) is 10.2. The second-order valence-corrected chi connectivity index (χ2v) is 4.70. The lowest BCUT2D eigenvalue weighted by molar-refractivity contribution is 0.200. The van der Waals surface area contributed by atoms with Crippen LogP contribution in [-0.2, 0) is 7.05 Å². The second kappa shape index (κ2) is 4.04. The Bertz CT molecular complexity index is 543. The quantitative estimate of drug-likeness (QED) is 0.869. The van der Waals surface area contributed by atoms with E-state index in [9.17, 15) is 0 Å². The van der Waals surface area contributed by atoms with Crippen molar-refractivity contribution >= 4 is 10.9 Å². The van der Waals surface area contributed by atoms with Gasteiger partial charge in [0.1, 0.15) is 11.3 Å². The summed E-state index contributed by atoms with van der Waals surface area (Å²) in [4.78, 5) is 0. The highest BCUT2D eigenvalue weighted by molar-refractivity contribution is 5.87. The topological polar surface area (TPSA) is 39.1 Å². The summed E-state index contributed by atoms with van der Waals surface area (Å²) in [6, 6.07) is 6.15. The van der Waals surface area contributed by atoms with Gasteiger partial charge in [-0.1, -0.05) is 12.1 Å². The number of hydrogen-bond donors (Lipinski definition) is 1.